The Hall–Kier alpha value is -2.20. The van der Waals surface area contributed by atoms with E-state index in [-0.39, 0.29) is 11.7 Å². The summed E-state index contributed by atoms with van der Waals surface area (Å²) in [5, 5.41) is 3.76. The van der Waals surface area contributed by atoms with Crippen LogP contribution in [-0.4, -0.2) is 5.91 Å². The molecule has 0 fully saturated rings. The Bertz CT molecular complexity index is 853. The number of para-hydroxylation sites is 1. The largest absolute Gasteiger partial charge is 0.321 e. The first kappa shape index (κ1) is 14.7. The van der Waals surface area contributed by atoms with Crippen LogP contribution in [0.2, 0.25) is 0 Å². The molecule has 1 aromatic heterocycles. The first-order valence-corrected chi connectivity index (χ1v) is 7.99. The number of benzene rings is 2. The van der Waals surface area contributed by atoms with Crippen LogP contribution in [0.4, 0.5) is 10.1 Å². The first-order valence-electron chi connectivity index (χ1n) is 7.17. The van der Waals surface area contributed by atoms with E-state index in [1.807, 2.05) is 25.1 Å². The molecule has 112 valence electrons. The summed E-state index contributed by atoms with van der Waals surface area (Å²) < 4.78 is 14.2. The van der Waals surface area contributed by atoms with Crippen LogP contribution in [0.5, 0.6) is 0 Å². The zero-order chi connectivity index (χ0) is 15.7. The molecule has 2 aromatic carbocycles. The van der Waals surface area contributed by atoms with Crippen LogP contribution in [0.25, 0.3) is 10.1 Å². The zero-order valence-electron chi connectivity index (χ0n) is 12.4. The van der Waals surface area contributed by atoms with Gasteiger partial charge in [-0.25, -0.2) is 4.39 Å². The monoisotopic (exact) mass is 313 g/mol. The van der Waals surface area contributed by atoms with Gasteiger partial charge in [0, 0.05) is 10.4 Å². The summed E-state index contributed by atoms with van der Waals surface area (Å²) >= 11 is 1.37. The van der Waals surface area contributed by atoms with Crippen LogP contribution in [0.1, 0.15) is 27.7 Å². The maximum absolute atomic E-state index is 13.2. The average Bonchev–Trinajstić information content (AvgIpc) is 2.92. The number of anilines is 1. The molecular weight excluding hydrogens is 297 g/mol. The van der Waals surface area contributed by atoms with E-state index in [9.17, 15) is 9.18 Å². The number of hydrogen-bond donors (Lipinski definition) is 1. The van der Waals surface area contributed by atoms with Crippen molar-refractivity contribution in [2.45, 2.75) is 20.3 Å². The van der Waals surface area contributed by atoms with Crippen LogP contribution in [0.15, 0.2) is 42.5 Å². The fourth-order valence-corrected chi connectivity index (χ4v) is 3.44. The smallest absolute Gasteiger partial charge is 0.265 e. The highest BCUT2D eigenvalue weighted by Crippen LogP contribution is 2.28. The Morgan fingerprint density at radius 2 is 2.05 bits per heavy atom. The molecule has 2 nitrogen and oxygen atoms in total. The number of hydrogen-bond acceptors (Lipinski definition) is 2. The van der Waals surface area contributed by atoms with E-state index in [1.54, 1.807) is 12.1 Å². The molecule has 1 heterocycles. The third-order valence-corrected chi connectivity index (χ3v) is 4.80. The summed E-state index contributed by atoms with van der Waals surface area (Å²) in [5.74, 6) is -0.435. The van der Waals surface area contributed by atoms with Gasteiger partial charge in [0.15, 0.2) is 0 Å². The lowest BCUT2D eigenvalue weighted by atomic mass is 10.1. The van der Waals surface area contributed by atoms with Gasteiger partial charge in [0.1, 0.15) is 5.82 Å². The topological polar surface area (TPSA) is 29.1 Å². The summed E-state index contributed by atoms with van der Waals surface area (Å²) in [5.41, 5.74) is 3.03. The van der Waals surface area contributed by atoms with Crippen molar-refractivity contribution in [2.75, 3.05) is 5.32 Å². The van der Waals surface area contributed by atoms with E-state index in [0.29, 0.717) is 4.88 Å². The Labute approximate surface area is 132 Å². The average molecular weight is 313 g/mol. The van der Waals surface area contributed by atoms with E-state index in [2.05, 4.69) is 12.2 Å². The molecule has 3 aromatic rings. The molecule has 0 aliphatic carbocycles. The van der Waals surface area contributed by atoms with Crippen molar-refractivity contribution >= 4 is 33.0 Å². The first-order chi connectivity index (χ1) is 10.6. The molecular formula is C18H16FNOS. The van der Waals surface area contributed by atoms with Crippen molar-refractivity contribution in [2.24, 2.45) is 0 Å². The van der Waals surface area contributed by atoms with Crippen LogP contribution in [-0.2, 0) is 6.42 Å². The van der Waals surface area contributed by atoms with E-state index in [0.717, 1.165) is 33.3 Å². The fraction of sp³-hybridized carbons (Fsp3) is 0.167. The lowest BCUT2D eigenvalue weighted by Gasteiger charge is -2.12. The molecule has 4 heteroatoms. The second-order valence-electron chi connectivity index (χ2n) is 5.21. The standard InChI is InChI=1S/C18H16FNOS/c1-3-12-6-4-5-11(2)17(12)20-18(21)16-10-13-9-14(19)7-8-15(13)22-16/h4-10H,3H2,1-2H3,(H,20,21). The molecule has 22 heavy (non-hydrogen) atoms. The fourth-order valence-electron chi connectivity index (χ4n) is 2.50. The molecule has 0 spiro atoms. The summed E-state index contributed by atoms with van der Waals surface area (Å²) in [6.45, 7) is 4.04. The number of nitrogens with one attached hydrogen (secondary N) is 1. The van der Waals surface area contributed by atoms with Crippen molar-refractivity contribution < 1.29 is 9.18 Å². The lowest BCUT2D eigenvalue weighted by Crippen LogP contribution is -2.12. The highest BCUT2D eigenvalue weighted by Gasteiger charge is 2.13. The second kappa shape index (κ2) is 5.89. The maximum atomic E-state index is 13.2. The van der Waals surface area contributed by atoms with Gasteiger partial charge in [-0.15, -0.1) is 11.3 Å². The van der Waals surface area contributed by atoms with Gasteiger partial charge >= 0.3 is 0 Å². The molecule has 0 saturated carbocycles. The molecule has 0 aliphatic heterocycles. The molecule has 0 aliphatic rings. The third-order valence-electron chi connectivity index (χ3n) is 3.68. The molecule has 1 amide bonds. The number of halogens is 1. The second-order valence-corrected chi connectivity index (χ2v) is 6.29. The zero-order valence-corrected chi connectivity index (χ0v) is 13.3. The number of amides is 1. The number of fused-ring (bicyclic) bond motifs is 1. The van der Waals surface area contributed by atoms with Gasteiger partial charge in [-0.1, -0.05) is 25.1 Å². The minimum atomic E-state index is -0.288. The van der Waals surface area contributed by atoms with Gasteiger partial charge < -0.3 is 5.32 Å². The Morgan fingerprint density at radius 1 is 1.23 bits per heavy atom. The number of carbonyl (C=O) groups is 1. The summed E-state index contributed by atoms with van der Waals surface area (Å²) in [6.07, 6.45) is 0.856. The van der Waals surface area contributed by atoms with Gasteiger partial charge in [0.05, 0.1) is 4.88 Å². The normalized spacial score (nSPS) is 10.9. The highest BCUT2D eigenvalue weighted by atomic mass is 32.1. The molecule has 0 radical (unpaired) electrons. The third kappa shape index (κ3) is 2.74. The molecule has 3 rings (SSSR count). The Balaban J connectivity index is 1.93. The minimum absolute atomic E-state index is 0.148. The van der Waals surface area contributed by atoms with E-state index in [1.165, 1.54) is 23.5 Å². The number of thiophene rings is 1. The Kier molecular flexibility index (Phi) is 3.94. The molecule has 0 saturated heterocycles. The summed E-state index contributed by atoms with van der Waals surface area (Å²) in [7, 11) is 0. The van der Waals surface area contributed by atoms with Gasteiger partial charge in [-0.3, -0.25) is 4.79 Å². The molecule has 0 bridgehead atoms. The highest BCUT2D eigenvalue weighted by molar-refractivity contribution is 7.20. The van der Waals surface area contributed by atoms with Crippen molar-refractivity contribution in [1.82, 2.24) is 0 Å². The predicted molar refractivity (Wildman–Crippen MR) is 90.3 cm³/mol. The Morgan fingerprint density at radius 3 is 2.82 bits per heavy atom. The summed E-state index contributed by atoms with van der Waals surface area (Å²) in [4.78, 5) is 13.1. The van der Waals surface area contributed by atoms with Crippen molar-refractivity contribution in [3.8, 4) is 0 Å². The van der Waals surface area contributed by atoms with Crippen molar-refractivity contribution in [3.63, 3.8) is 0 Å². The minimum Gasteiger partial charge on any atom is -0.321 e. The molecule has 0 unspecified atom stereocenters. The van der Waals surface area contributed by atoms with Crippen LogP contribution in [0, 0.1) is 12.7 Å². The van der Waals surface area contributed by atoms with Gasteiger partial charge in [-0.2, -0.15) is 0 Å². The molecule has 0 atom stereocenters. The van der Waals surface area contributed by atoms with Crippen molar-refractivity contribution in [1.29, 1.82) is 0 Å². The number of carbonyl (C=O) groups excluding carboxylic acids is 1. The quantitative estimate of drug-likeness (QED) is 0.710. The summed E-state index contributed by atoms with van der Waals surface area (Å²) in [6, 6.07) is 12.3. The predicted octanol–water partition coefficient (Wildman–Crippen LogP) is 5.16. The lowest BCUT2D eigenvalue weighted by molar-refractivity contribution is 0.103. The van der Waals surface area contributed by atoms with Crippen LogP contribution in [0.3, 0.4) is 0 Å². The number of rotatable bonds is 3. The van der Waals surface area contributed by atoms with Crippen LogP contribution >= 0.6 is 11.3 Å². The SMILES string of the molecule is CCc1cccc(C)c1NC(=O)c1cc2cc(F)ccc2s1. The van der Waals surface area contributed by atoms with Gasteiger partial charge in [0.2, 0.25) is 0 Å². The van der Waals surface area contributed by atoms with Crippen molar-refractivity contribution in [3.05, 3.63) is 64.3 Å². The van der Waals surface area contributed by atoms with E-state index < -0.39 is 0 Å². The maximum Gasteiger partial charge on any atom is 0.265 e. The van der Waals surface area contributed by atoms with Gasteiger partial charge in [0.25, 0.3) is 5.91 Å². The van der Waals surface area contributed by atoms with Gasteiger partial charge in [-0.05, 0) is 54.1 Å². The van der Waals surface area contributed by atoms with E-state index in [4.69, 9.17) is 0 Å². The number of aryl methyl sites for hydroxylation is 2. The van der Waals surface area contributed by atoms with Crippen LogP contribution < -0.4 is 5.32 Å². The molecule has 1 N–H and O–H groups in total. The van der Waals surface area contributed by atoms with E-state index >= 15 is 0 Å².